The molecule has 0 unspecified atom stereocenters. The number of fused-ring (bicyclic) bond motifs is 2. The third kappa shape index (κ3) is 2.01. The molecule has 4 rings (SSSR count). The summed E-state index contributed by atoms with van der Waals surface area (Å²) in [5, 5.41) is 0. The van der Waals surface area contributed by atoms with Crippen molar-refractivity contribution >= 4 is 17.6 Å². The van der Waals surface area contributed by atoms with Gasteiger partial charge in [-0.1, -0.05) is 26.0 Å². The van der Waals surface area contributed by atoms with Crippen LogP contribution in [0.5, 0.6) is 0 Å². The summed E-state index contributed by atoms with van der Waals surface area (Å²) in [6.45, 7) is 7.98. The minimum Gasteiger partial charge on any atom is -0.448 e. The fourth-order valence-electron chi connectivity index (χ4n) is 4.84. The molecule has 0 spiro atoms. The van der Waals surface area contributed by atoms with Gasteiger partial charge < -0.3 is 14.5 Å². The number of rotatable bonds is 2. The summed E-state index contributed by atoms with van der Waals surface area (Å²) in [6, 6.07) is 6.70. The predicted molar refractivity (Wildman–Crippen MR) is 95.1 cm³/mol. The van der Waals surface area contributed by atoms with Gasteiger partial charge in [0.2, 0.25) is 0 Å². The second-order valence-corrected chi connectivity index (χ2v) is 8.40. The molecular weight excluding hydrogens is 335 g/mol. The Hall–Kier alpha value is -2.11. The average Bonchev–Trinajstić information content (AvgIpc) is 2.92. The first kappa shape index (κ1) is 17.3. The fraction of sp³-hybridized carbons (Fsp3) is 0.600. The summed E-state index contributed by atoms with van der Waals surface area (Å²) in [7, 11) is 0. The average molecular weight is 360 g/mol. The number of anilines is 1. The second kappa shape index (κ2) is 5.44. The summed E-state index contributed by atoms with van der Waals surface area (Å²) in [4.78, 5) is 29.5. The zero-order valence-electron chi connectivity index (χ0n) is 15.5. The number of carbonyl (C=O) groups excluding carboxylic acids is 2. The van der Waals surface area contributed by atoms with Crippen LogP contribution in [0.15, 0.2) is 24.3 Å². The minimum absolute atomic E-state index is 0.0924. The summed E-state index contributed by atoms with van der Waals surface area (Å²) in [5.41, 5.74) is -1.62. The highest BCUT2D eigenvalue weighted by Gasteiger charge is 2.76. The zero-order valence-corrected chi connectivity index (χ0v) is 15.5. The summed E-state index contributed by atoms with van der Waals surface area (Å²) in [5.74, 6) is -0.597. The van der Waals surface area contributed by atoms with Crippen LogP contribution >= 0.6 is 0 Å². The van der Waals surface area contributed by atoms with Crippen LogP contribution in [0.4, 0.5) is 10.1 Å². The van der Waals surface area contributed by atoms with E-state index in [2.05, 4.69) is 0 Å². The smallest absolute Gasteiger partial charge is 0.313 e. The van der Waals surface area contributed by atoms with Gasteiger partial charge in [0, 0.05) is 31.6 Å². The van der Waals surface area contributed by atoms with E-state index in [-0.39, 0.29) is 17.7 Å². The summed E-state index contributed by atoms with van der Waals surface area (Å²) >= 11 is 0. The number of ether oxygens (including phenoxy) is 1. The van der Waals surface area contributed by atoms with Crippen molar-refractivity contribution < 1.29 is 18.7 Å². The van der Waals surface area contributed by atoms with Crippen molar-refractivity contribution in [3.8, 4) is 0 Å². The molecular formula is C20H25FN2O3. The quantitative estimate of drug-likeness (QED) is 0.761. The van der Waals surface area contributed by atoms with Crippen LogP contribution in [0.3, 0.4) is 0 Å². The molecule has 3 aliphatic rings. The lowest BCUT2D eigenvalue weighted by Crippen LogP contribution is -2.59. The van der Waals surface area contributed by atoms with E-state index in [4.69, 9.17) is 4.74 Å². The number of amides is 1. The van der Waals surface area contributed by atoms with Crippen LogP contribution in [0.25, 0.3) is 0 Å². The molecule has 2 heterocycles. The Morgan fingerprint density at radius 3 is 2.27 bits per heavy atom. The number of hydrogen-bond acceptors (Lipinski definition) is 4. The van der Waals surface area contributed by atoms with Gasteiger partial charge in [0.15, 0.2) is 5.60 Å². The lowest BCUT2D eigenvalue weighted by molar-refractivity contribution is -0.174. The Morgan fingerprint density at radius 2 is 1.73 bits per heavy atom. The van der Waals surface area contributed by atoms with Crippen molar-refractivity contribution in [3.05, 3.63) is 30.1 Å². The van der Waals surface area contributed by atoms with Crippen molar-refractivity contribution in [1.29, 1.82) is 0 Å². The Morgan fingerprint density at radius 1 is 1.08 bits per heavy atom. The van der Waals surface area contributed by atoms with E-state index in [0.29, 0.717) is 44.7 Å². The number of nitrogens with zero attached hydrogens (tertiary/aromatic N) is 2. The first-order chi connectivity index (χ1) is 12.2. The van der Waals surface area contributed by atoms with E-state index >= 15 is 0 Å². The number of halogens is 1. The van der Waals surface area contributed by atoms with Gasteiger partial charge in [-0.25, -0.2) is 4.39 Å². The van der Waals surface area contributed by atoms with E-state index in [1.165, 1.54) is 6.07 Å². The van der Waals surface area contributed by atoms with E-state index in [9.17, 15) is 14.0 Å². The third-order valence-corrected chi connectivity index (χ3v) is 7.19. The highest BCUT2D eigenvalue weighted by molar-refractivity contribution is 5.96. The summed E-state index contributed by atoms with van der Waals surface area (Å²) in [6.07, 6.45) is 1.26. The number of hydrogen-bond donors (Lipinski definition) is 0. The normalized spacial score (nSPS) is 32.7. The maximum atomic E-state index is 14.0. The Labute approximate surface area is 153 Å². The molecule has 2 bridgehead atoms. The maximum Gasteiger partial charge on any atom is 0.313 e. The van der Waals surface area contributed by atoms with Crippen molar-refractivity contribution in [2.75, 3.05) is 31.1 Å². The van der Waals surface area contributed by atoms with Crippen molar-refractivity contribution in [2.24, 2.45) is 10.8 Å². The van der Waals surface area contributed by atoms with E-state index in [1.807, 2.05) is 31.7 Å². The lowest BCUT2D eigenvalue weighted by Gasteiger charge is -2.42. The standard InChI is InChI=1S/C20H25FN2O3/c1-18(2)19(3)8-9-20(18,26-17(19)25)16(24)23-12-10-22(11-13-23)15-7-5-4-6-14(15)21/h4-7H,8-13H2,1-3H3/t19-,20-/m1/s1. The lowest BCUT2D eigenvalue weighted by atomic mass is 9.66. The number of benzene rings is 1. The molecule has 1 saturated carbocycles. The number of piperazine rings is 1. The third-order valence-electron chi connectivity index (χ3n) is 7.19. The minimum atomic E-state index is -1.06. The van der Waals surface area contributed by atoms with Crippen LogP contribution in [0, 0.1) is 16.6 Å². The monoisotopic (exact) mass is 360 g/mol. The van der Waals surface area contributed by atoms with Gasteiger partial charge >= 0.3 is 5.97 Å². The number of esters is 1. The molecule has 140 valence electrons. The molecule has 2 aliphatic heterocycles. The zero-order chi connectivity index (χ0) is 18.7. The SMILES string of the molecule is CC1(C)[C@]2(C)CC[C@]1(C(=O)N1CCN(c3ccccc3F)CC1)OC2=O. The van der Waals surface area contributed by atoms with E-state index < -0.39 is 16.4 Å². The fourth-order valence-corrected chi connectivity index (χ4v) is 4.84. The molecule has 1 amide bonds. The molecule has 1 aromatic carbocycles. The van der Waals surface area contributed by atoms with Crippen molar-refractivity contribution in [1.82, 2.24) is 4.90 Å². The number of para-hydroxylation sites is 1. The van der Waals surface area contributed by atoms with Crippen LogP contribution in [-0.4, -0.2) is 48.6 Å². The highest BCUT2D eigenvalue weighted by Crippen LogP contribution is 2.65. The first-order valence-corrected chi connectivity index (χ1v) is 9.25. The molecule has 0 radical (unpaired) electrons. The van der Waals surface area contributed by atoms with Gasteiger partial charge in [-0.05, 0) is 31.9 Å². The van der Waals surface area contributed by atoms with Crippen molar-refractivity contribution in [2.45, 2.75) is 39.2 Å². The molecule has 5 nitrogen and oxygen atoms in total. The molecule has 2 atom stereocenters. The van der Waals surface area contributed by atoms with Gasteiger partial charge in [0.05, 0.1) is 11.1 Å². The molecule has 1 aliphatic carbocycles. The van der Waals surface area contributed by atoms with Crippen LogP contribution in [-0.2, 0) is 14.3 Å². The summed E-state index contributed by atoms with van der Waals surface area (Å²) < 4.78 is 19.7. The maximum absolute atomic E-state index is 14.0. The molecule has 0 N–H and O–H groups in total. The van der Waals surface area contributed by atoms with Gasteiger partial charge in [-0.2, -0.15) is 0 Å². The Bertz CT molecular complexity index is 772. The molecule has 1 aromatic rings. The first-order valence-electron chi connectivity index (χ1n) is 9.25. The van der Waals surface area contributed by atoms with E-state index in [0.717, 1.165) is 0 Å². The second-order valence-electron chi connectivity index (χ2n) is 8.40. The van der Waals surface area contributed by atoms with Crippen molar-refractivity contribution in [3.63, 3.8) is 0 Å². The number of carbonyl (C=O) groups is 2. The predicted octanol–water partition coefficient (Wildman–Crippen LogP) is 2.60. The highest BCUT2D eigenvalue weighted by atomic mass is 19.1. The molecule has 3 fully saturated rings. The Balaban J connectivity index is 1.51. The van der Waals surface area contributed by atoms with Gasteiger partial charge in [0.25, 0.3) is 5.91 Å². The van der Waals surface area contributed by atoms with Gasteiger partial charge in [-0.15, -0.1) is 0 Å². The topological polar surface area (TPSA) is 49.9 Å². The van der Waals surface area contributed by atoms with Gasteiger partial charge in [0.1, 0.15) is 5.82 Å². The van der Waals surface area contributed by atoms with Crippen LogP contribution in [0.2, 0.25) is 0 Å². The largest absolute Gasteiger partial charge is 0.448 e. The van der Waals surface area contributed by atoms with E-state index in [1.54, 1.807) is 17.0 Å². The molecule has 26 heavy (non-hydrogen) atoms. The molecule has 0 aromatic heterocycles. The molecule has 2 saturated heterocycles. The Kier molecular flexibility index (Phi) is 3.62. The van der Waals surface area contributed by atoms with Crippen LogP contribution in [0.1, 0.15) is 33.6 Å². The van der Waals surface area contributed by atoms with Gasteiger partial charge in [-0.3, -0.25) is 9.59 Å². The van der Waals surface area contributed by atoms with Crippen LogP contribution < -0.4 is 4.90 Å². The molecule has 6 heteroatoms.